The quantitative estimate of drug-likeness (QED) is 0.767. The Balaban J connectivity index is 2.62. The zero-order chi connectivity index (χ0) is 11.8. The van der Waals surface area contributed by atoms with Gasteiger partial charge in [-0.05, 0) is 37.4 Å². The van der Waals surface area contributed by atoms with E-state index in [0.717, 1.165) is 18.8 Å². The topological polar surface area (TPSA) is 44.5 Å². The number of nitrogens with two attached hydrogens (primary N) is 1. The van der Waals surface area contributed by atoms with Crippen LogP contribution in [0.2, 0.25) is 0 Å². The first-order valence-corrected chi connectivity index (χ1v) is 5.71. The van der Waals surface area contributed by atoms with Gasteiger partial charge in [0.25, 0.3) is 0 Å². The van der Waals surface area contributed by atoms with Crippen LogP contribution in [0.4, 0.5) is 0 Å². The van der Waals surface area contributed by atoms with Crippen LogP contribution in [0.5, 0.6) is 5.75 Å². The van der Waals surface area contributed by atoms with E-state index in [1.165, 1.54) is 5.56 Å². The molecule has 16 heavy (non-hydrogen) atoms. The number of hydrogen-bond donors (Lipinski definition) is 1. The standard InChI is InChI=1S/C13H21NO2/c1-3-16-10-11(9-14)8-12-6-4-5-7-13(12)15-2/h4-7,11H,3,8-10,14H2,1-2H3. The largest absolute Gasteiger partial charge is 0.496 e. The van der Waals surface area contributed by atoms with Crippen molar-refractivity contribution in [3.63, 3.8) is 0 Å². The number of rotatable bonds is 7. The van der Waals surface area contributed by atoms with Crippen LogP contribution in [-0.2, 0) is 11.2 Å². The Hall–Kier alpha value is -1.06. The molecule has 0 radical (unpaired) electrons. The molecule has 0 aliphatic rings. The van der Waals surface area contributed by atoms with E-state index >= 15 is 0 Å². The zero-order valence-electron chi connectivity index (χ0n) is 10.1. The highest BCUT2D eigenvalue weighted by atomic mass is 16.5. The molecule has 3 heteroatoms. The molecule has 1 unspecified atom stereocenters. The molecule has 0 saturated heterocycles. The van der Waals surface area contributed by atoms with Gasteiger partial charge >= 0.3 is 0 Å². The summed E-state index contributed by atoms with van der Waals surface area (Å²) in [6, 6.07) is 8.05. The first kappa shape index (κ1) is 13.0. The molecular formula is C13H21NO2. The van der Waals surface area contributed by atoms with Crippen LogP contribution < -0.4 is 10.5 Å². The van der Waals surface area contributed by atoms with Gasteiger partial charge < -0.3 is 15.2 Å². The summed E-state index contributed by atoms with van der Waals surface area (Å²) in [5.74, 6) is 1.29. The molecule has 0 aliphatic carbocycles. The summed E-state index contributed by atoms with van der Waals surface area (Å²) in [4.78, 5) is 0. The number of hydrogen-bond acceptors (Lipinski definition) is 3. The molecule has 2 N–H and O–H groups in total. The average Bonchev–Trinajstić information content (AvgIpc) is 2.34. The van der Waals surface area contributed by atoms with Gasteiger partial charge in [-0.15, -0.1) is 0 Å². The number of ether oxygens (including phenoxy) is 2. The lowest BCUT2D eigenvalue weighted by molar-refractivity contribution is 0.112. The summed E-state index contributed by atoms with van der Waals surface area (Å²) in [5, 5.41) is 0. The Morgan fingerprint density at radius 1 is 1.31 bits per heavy atom. The molecule has 1 atom stereocenters. The third kappa shape index (κ3) is 3.83. The van der Waals surface area contributed by atoms with E-state index in [1.54, 1.807) is 7.11 Å². The molecule has 1 aromatic rings. The lowest BCUT2D eigenvalue weighted by atomic mass is 9.99. The molecule has 0 amide bonds. The molecule has 1 rings (SSSR count). The maximum absolute atomic E-state index is 5.73. The van der Waals surface area contributed by atoms with Gasteiger partial charge in [0.1, 0.15) is 5.75 Å². The highest BCUT2D eigenvalue weighted by Crippen LogP contribution is 2.20. The van der Waals surface area contributed by atoms with Crippen molar-refractivity contribution in [3.8, 4) is 5.75 Å². The fraction of sp³-hybridized carbons (Fsp3) is 0.538. The molecule has 90 valence electrons. The molecule has 0 saturated carbocycles. The predicted octanol–water partition coefficient (Wildman–Crippen LogP) is 1.85. The van der Waals surface area contributed by atoms with E-state index in [0.29, 0.717) is 19.1 Å². The molecule has 1 aromatic carbocycles. The summed E-state index contributed by atoms with van der Waals surface area (Å²) >= 11 is 0. The van der Waals surface area contributed by atoms with Crippen molar-refractivity contribution in [2.24, 2.45) is 11.7 Å². The van der Waals surface area contributed by atoms with Gasteiger partial charge in [-0.3, -0.25) is 0 Å². The average molecular weight is 223 g/mol. The van der Waals surface area contributed by atoms with Crippen LogP contribution in [0.1, 0.15) is 12.5 Å². The third-order valence-corrected chi connectivity index (χ3v) is 2.59. The van der Waals surface area contributed by atoms with E-state index in [4.69, 9.17) is 15.2 Å². The van der Waals surface area contributed by atoms with E-state index in [-0.39, 0.29) is 0 Å². The van der Waals surface area contributed by atoms with Crippen molar-refractivity contribution in [1.82, 2.24) is 0 Å². The fourth-order valence-electron chi connectivity index (χ4n) is 1.68. The molecule has 3 nitrogen and oxygen atoms in total. The monoisotopic (exact) mass is 223 g/mol. The molecule has 0 bridgehead atoms. The molecule has 0 aliphatic heterocycles. The lowest BCUT2D eigenvalue weighted by Crippen LogP contribution is -2.22. The van der Waals surface area contributed by atoms with Crippen LogP contribution in [0.25, 0.3) is 0 Å². The lowest BCUT2D eigenvalue weighted by Gasteiger charge is -2.16. The van der Waals surface area contributed by atoms with E-state index in [2.05, 4.69) is 6.07 Å². The van der Waals surface area contributed by atoms with Gasteiger partial charge in [-0.1, -0.05) is 18.2 Å². The van der Waals surface area contributed by atoms with Gasteiger partial charge in [-0.25, -0.2) is 0 Å². The second kappa shape index (κ2) is 7.25. The molecule has 0 heterocycles. The highest BCUT2D eigenvalue weighted by Gasteiger charge is 2.10. The Morgan fingerprint density at radius 2 is 2.06 bits per heavy atom. The van der Waals surface area contributed by atoms with Crippen molar-refractivity contribution in [2.75, 3.05) is 26.9 Å². The Kier molecular flexibility index (Phi) is 5.90. The molecule has 0 aromatic heterocycles. The van der Waals surface area contributed by atoms with Gasteiger partial charge in [0.2, 0.25) is 0 Å². The predicted molar refractivity (Wildman–Crippen MR) is 65.7 cm³/mol. The summed E-state index contributed by atoms with van der Waals surface area (Å²) in [6.45, 7) is 4.09. The summed E-state index contributed by atoms with van der Waals surface area (Å²) in [7, 11) is 1.69. The minimum Gasteiger partial charge on any atom is -0.496 e. The van der Waals surface area contributed by atoms with Gasteiger partial charge in [0.05, 0.1) is 13.7 Å². The van der Waals surface area contributed by atoms with Crippen molar-refractivity contribution >= 4 is 0 Å². The fourth-order valence-corrected chi connectivity index (χ4v) is 1.68. The molecular weight excluding hydrogens is 202 g/mol. The van der Waals surface area contributed by atoms with Crippen molar-refractivity contribution in [1.29, 1.82) is 0 Å². The number of methoxy groups -OCH3 is 1. The second-order valence-electron chi connectivity index (χ2n) is 3.78. The number of para-hydroxylation sites is 1. The smallest absolute Gasteiger partial charge is 0.122 e. The van der Waals surface area contributed by atoms with Crippen LogP contribution >= 0.6 is 0 Å². The minimum absolute atomic E-state index is 0.358. The SMILES string of the molecule is CCOCC(CN)Cc1ccccc1OC. The Morgan fingerprint density at radius 3 is 2.69 bits per heavy atom. The first-order chi connectivity index (χ1) is 7.81. The van der Waals surface area contributed by atoms with Crippen molar-refractivity contribution in [2.45, 2.75) is 13.3 Å². The summed E-state index contributed by atoms with van der Waals surface area (Å²) in [5.41, 5.74) is 6.93. The van der Waals surface area contributed by atoms with Crippen LogP contribution in [-0.4, -0.2) is 26.9 Å². The Labute approximate surface area is 97.6 Å². The Bertz CT molecular complexity index is 302. The van der Waals surface area contributed by atoms with Gasteiger partial charge in [0, 0.05) is 6.61 Å². The third-order valence-electron chi connectivity index (χ3n) is 2.59. The highest BCUT2D eigenvalue weighted by molar-refractivity contribution is 5.33. The van der Waals surface area contributed by atoms with Crippen LogP contribution in [0, 0.1) is 5.92 Å². The summed E-state index contributed by atoms with van der Waals surface area (Å²) < 4.78 is 10.7. The first-order valence-electron chi connectivity index (χ1n) is 5.71. The molecule has 0 fully saturated rings. The maximum atomic E-state index is 5.73. The minimum atomic E-state index is 0.358. The normalized spacial score (nSPS) is 12.4. The summed E-state index contributed by atoms with van der Waals surface area (Å²) in [6.07, 6.45) is 0.903. The number of benzene rings is 1. The second-order valence-corrected chi connectivity index (χ2v) is 3.78. The van der Waals surface area contributed by atoms with Crippen molar-refractivity contribution < 1.29 is 9.47 Å². The zero-order valence-corrected chi connectivity index (χ0v) is 10.1. The van der Waals surface area contributed by atoms with E-state index in [1.807, 2.05) is 25.1 Å². The van der Waals surface area contributed by atoms with Crippen LogP contribution in [0.15, 0.2) is 24.3 Å². The van der Waals surface area contributed by atoms with Gasteiger partial charge in [-0.2, -0.15) is 0 Å². The van der Waals surface area contributed by atoms with Crippen LogP contribution in [0.3, 0.4) is 0 Å². The van der Waals surface area contributed by atoms with Gasteiger partial charge in [0.15, 0.2) is 0 Å². The van der Waals surface area contributed by atoms with Crippen molar-refractivity contribution in [3.05, 3.63) is 29.8 Å². The van der Waals surface area contributed by atoms with E-state index < -0.39 is 0 Å². The molecule has 0 spiro atoms. The maximum Gasteiger partial charge on any atom is 0.122 e. The van der Waals surface area contributed by atoms with E-state index in [9.17, 15) is 0 Å².